The van der Waals surface area contributed by atoms with E-state index in [-0.39, 0.29) is 18.2 Å². The SMILES string of the molecule is CN(C)N1C(=O)C[C@H](NCc2ccccc2)C1=O. The highest BCUT2D eigenvalue weighted by atomic mass is 16.2. The highest BCUT2D eigenvalue weighted by molar-refractivity contribution is 6.04. The summed E-state index contributed by atoms with van der Waals surface area (Å²) in [6.07, 6.45) is 0.226. The summed E-state index contributed by atoms with van der Waals surface area (Å²) in [5, 5.41) is 5.83. The lowest BCUT2D eigenvalue weighted by atomic mass is 10.2. The molecule has 1 N–H and O–H groups in total. The van der Waals surface area contributed by atoms with Crippen molar-refractivity contribution in [1.82, 2.24) is 15.3 Å². The van der Waals surface area contributed by atoms with Gasteiger partial charge in [-0.15, -0.1) is 0 Å². The number of imide groups is 1. The summed E-state index contributed by atoms with van der Waals surface area (Å²) in [7, 11) is 3.38. The van der Waals surface area contributed by atoms with Crippen LogP contribution in [0.15, 0.2) is 30.3 Å². The predicted octanol–water partition coefficient (Wildman–Crippen LogP) is 0.380. The van der Waals surface area contributed by atoms with Gasteiger partial charge in [0.25, 0.3) is 5.91 Å². The Morgan fingerprint density at radius 2 is 1.94 bits per heavy atom. The van der Waals surface area contributed by atoms with E-state index >= 15 is 0 Å². The fourth-order valence-electron chi connectivity index (χ4n) is 2.04. The van der Waals surface area contributed by atoms with Crippen molar-refractivity contribution in [2.45, 2.75) is 19.0 Å². The Morgan fingerprint density at radius 1 is 1.28 bits per heavy atom. The lowest BCUT2D eigenvalue weighted by molar-refractivity contribution is -0.153. The summed E-state index contributed by atoms with van der Waals surface area (Å²) in [4.78, 5) is 23.7. The molecule has 0 aromatic heterocycles. The van der Waals surface area contributed by atoms with Crippen molar-refractivity contribution in [2.24, 2.45) is 0 Å². The number of hydrogen-bond donors (Lipinski definition) is 1. The number of nitrogens with one attached hydrogen (secondary N) is 1. The zero-order valence-electron chi connectivity index (χ0n) is 10.6. The third-order valence-electron chi connectivity index (χ3n) is 2.92. The first-order valence-corrected chi connectivity index (χ1v) is 5.91. The van der Waals surface area contributed by atoms with Crippen LogP contribution in [0.2, 0.25) is 0 Å². The van der Waals surface area contributed by atoms with Crippen LogP contribution in [0.25, 0.3) is 0 Å². The fraction of sp³-hybridized carbons (Fsp3) is 0.385. The van der Waals surface area contributed by atoms with Crippen LogP contribution < -0.4 is 5.32 Å². The molecule has 1 atom stereocenters. The Bertz CT molecular complexity index is 445. The molecular weight excluding hydrogens is 230 g/mol. The van der Waals surface area contributed by atoms with Gasteiger partial charge in [-0.25, -0.2) is 10.0 Å². The van der Waals surface area contributed by atoms with Crippen molar-refractivity contribution in [3.63, 3.8) is 0 Å². The van der Waals surface area contributed by atoms with Gasteiger partial charge in [0.1, 0.15) is 0 Å². The smallest absolute Gasteiger partial charge is 0.261 e. The standard InChI is InChI=1S/C13H17N3O2/c1-15(2)16-12(17)8-11(13(16)18)14-9-10-6-4-3-5-7-10/h3-7,11,14H,8-9H2,1-2H3/t11-/m0/s1. The minimum absolute atomic E-state index is 0.157. The van der Waals surface area contributed by atoms with Gasteiger partial charge in [-0.2, -0.15) is 0 Å². The van der Waals surface area contributed by atoms with Gasteiger partial charge in [0, 0.05) is 20.6 Å². The van der Waals surface area contributed by atoms with Crippen LogP contribution in [0.5, 0.6) is 0 Å². The monoisotopic (exact) mass is 247 g/mol. The molecule has 0 aliphatic carbocycles. The molecule has 1 aromatic rings. The van der Waals surface area contributed by atoms with E-state index in [0.29, 0.717) is 6.54 Å². The number of rotatable bonds is 4. The predicted molar refractivity (Wildman–Crippen MR) is 67.2 cm³/mol. The van der Waals surface area contributed by atoms with Crippen LogP contribution in [-0.2, 0) is 16.1 Å². The second kappa shape index (κ2) is 5.29. The van der Waals surface area contributed by atoms with E-state index in [1.807, 2.05) is 30.3 Å². The van der Waals surface area contributed by atoms with Crippen LogP contribution in [0, 0.1) is 0 Å². The zero-order chi connectivity index (χ0) is 13.1. The maximum Gasteiger partial charge on any atom is 0.261 e. The summed E-state index contributed by atoms with van der Waals surface area (Å²) >= 11 is 0. The van der Waals surface area contributed by atoms with E-state index in [1.54, 1.807) is 14.1 Å². The molecule has 0 radical (unpaired) electrons. The van der Waals surface area contributed by atoms with Gasteiger partial charge >= 0.3 is 0 Å². The highest BCUT2D eigenvalue weighted by Crippen LogP contribution is 2.14. The first-order valence-electron chi connectivity index (χ1n) is 5.91. The Morgan fingerprint density at radius 3 is 2.50 bits per heavy atom. The largest absolute Gasteiger partial charge is 0.301 e. The topological polar surface area (TPSA) is 52.6 Å². The average molecular weight is 247 g/mol. The van der Waals surface area contributed by atoms with E-state index in [9.17, 15) is 9.59 Å². The van der Waals surface area contributed by atoms with Crippen LogP contribution in [0.1, 0.15) is 12.0 Å². The second-order valence-electron chi connectivity index (χ2n) is 4.51. The summed E-state index contributed by atoms with van der Waals surface area (Å²) in [5.74, 6) is -0.337. The van der Waals surface area contributed by atoms with Gasteiger partial charge in [-0.05, 0) is 5.56 Å². The van der Waals surface area contributed by atoms with Crippen LogP contribution in [-0.4, -0.2) is 42.0 Å². The van der Waals surface area contributed by atoms with E-state index < -0.39 is 6.04 Å². The molecule has 18 heavy (non-hydrogen) atoms. The number of hydrogen-bond acceptors (Lipinski definition) is 4. The number of benzene rings is 1. The molecule has 0 saturated carbocycles. The number of carbonyl (C=O) groups excluding carboxylic acids is 2. The molecule has 96 valence electrons. The molecule has 1 fully saturated rings. The first kappa shape index (κ1) is 12.7. The molecule has 1 aromatic carbocycles. The van der Waals surface area contributed by atoms with Crippen molar-refractivity contribution < 1.29 is 9.59 Å². The second-order valence-corrected chi connectivity index (χ2v) is 4.51. The molecule has 5 nitrogen and oxygen atoms in total. The highest BCUT2D eigenvalue weighted by Gasteiger charge is 2.39. The summed E-state index contributed by atoms with van der Waals surface area (Å²) < 4.78 is 0. The molecule has 1 heterocycles. The van der Waals surface area contributed by atoms with Gasteiger partial charge in [0.15, 0.2) is 0 Å². The van der Waals surface area contributed by atoms with E-state index in [2.05, 4.69) is 5.32 Å². The Hall–Kier alpha value is -1.72. The molecule has 2 rings (SSSR count). The van der Waals surface area contributed by atoms with Gasteiger partial charge in [-0.3, -0.25) is 9.59 Å². The Labute approximate surface area is 106 Å². The molecule has 0 bridgehead atoms. The van der Waals surface area contributed by atoms with Crippen molar-refractivity contribution >= 4 is 11.8 Å². The van der Waals surface area contributed by atoms with E-state index in [4.69, 9.17) is 0 Å². The van der Waals surface area contributed by atoms with E-state index in [0.717, 1.165) is 5.56 Å². The molecule has 0 unspecified atom stereocenters. The number of carbonyl (C=O) groups is 2. The van der Waals surface area contributed by atoms with Crippen LogP contribution >= 0.6 is 0 Å². The quantitative estimate of drug-likeness (QED) is 0.782. The third kappa shape index (κ3) is 2.57. The number of hydrazine groups is 1. The lowest BCUT2D eigenvalue weighted by Crippen LogP contribution is -2.45. The third-order valence-corrected chi connectivity index (χ3v) is 2.92. The first-order chi connectivity index (χ1) is 8.59. The van der Waals surface area contributed by atoms with Gasteiger partial charge in [0.05, 0.1) is 12.5 Å². The minimum atomic E-state index is -0.417. The molecule has 1 aliphatic rings. The molecule has 5 heteroatoms. The molecule has 1 aliphatic heterocycles. The van der Waals surface area contributed by atoms with Gasteiger partial charge in [0.2, 0.25) is 5.91 Å². The molecule has 2 amide bonds. The van der Waals surface area contributed by atoms with Crippen molar-refractivity contribution in [1.29, 1.82) is 0 Å². The minimum Gasteiger partial charge on any atom is -0.301 e. The van der Waals surface area contributed by atoms with Crippen molar-refractivity contribution in [3.8, 4) is 0 Å². The van der Waals surface area contributed by atoms with E-state index in [1.165, 1.54) is 10.0 Å². The molecule has 1 saturated heterocycles. The maximum atomic E-state index is 12.0. The average Bonchev–Trinajstić information content (AvgIpc) is 2.63. The summed E-state index contributed by atoms with van der Waals surface area (Å²) in [5.41, 5.74) is 1.10. The van der Waals surface area contributed by atoms with Crippen LogP contribution in [0.4, 0.5) is 0 Å². The lowest BCUT2D eigenvalue weighted by Gasteiger charge is -2.21. The van der Waals surface area contributed by atoms with Crippen molar-refractivity contribution in [3.05, 3.63) is 35.9 Å². The Balaban J connectivity index is 1.96. The number of nitrogens with zero attached hydrogens (tertiary/aromatic N) is 2. The van der Waals surface area contributed by atoms with Gasteiger partial charge in [-0.1, -0.05) is 30.3 Å². The summed E-state index contributed by atoms with van der Waals surface area (Å²) in [6.45, 7) is 0.589. The Kier molecular flexibility index (Phi) is 3.74. The maximum absolute atomic E-state index is 12.0. The van der Waals surface area contributed by atoms with Crippen LogP contribution in [0.3, 0.4) is 0 Å². The van der Waals surface area contributed by atoms with Gasteiger partial charge < -0.3 is 5.32 Å². The summed E-state index contributed by atoms with van der Waals surface area (Å²) in [6, 6.07) is 9.40. The van der Waals surface area contributed by atoms with Crippen molar-refractivity contribution in [2.75, 3.05) is 14.1 Å². The normalized spacial score (nSPS) is 19.9. The zero-order valence-corrected chi connectivity index (χ0v) is 10.6. The molecular formula is C13H17N3O2. The fourth-order valence-corrected chi connectivity index (χ4v) is 2.04. The molecule has 0 spiro atoms. The number of amides is 2.